The first-order valence-corrected chi connectivity index (χ1v) is 14.9. The topological polar surface area (TPSA) is 39.7 Å². The second-order valence-electron chi connectivity index (χ2n) is 4.37. The van der Waals surface area contributed by atoms with Crippen LogP contribution in [0, 0.1) is 0 Å². The largest absolute Gasteiger partial charge is 0.500 e. The summed E-state index contributed by atoms with van der Waals surface area (Å²) in [6, 6.07) is 0.905. The van der Waals surface area contributed by atoms with Crippen LogP contribution < -0.4 is 4.72 Å². The quantitative estimate of drug-likeness (QED) is 0.149. The molecule has 22 heavy (non-hydrogen) atoms. The van der Waals surface area contributed by atoms with Gasteiger partial charge in [0.1, 0.15) is 0 Å². The number of hydrogen-bond donors (Lipinski definition) is 1. The molecule has 0 aromatic carbocycles. The van der Waals surface area contributed by atoms with Gasteiger partial charge in [0.2, 0.25) is 0 Å². The van der Waals surface area contributed by atoms with Crippen LogP contribution in [0.5, 0.6) is 0 Å². The monoisotopic (exact) mass is 405 g/mol. The Bertz CT molecular complexity index is 226. The van der Waals surface area contributed by atoms with Crippen molar-refractivity contribution in [1.29, 1.82) is 0 Å². The van der Waals surface area contributed by atoms with Gasteiger partial charge in [-0.2, -0.15) is 0 Å². The van der Waals surface area contributed by atoms with Crippen molar-refractivity contribution >= 4 is 50.2 Å². The van der Waals surface area contributed by atoms with Gasteiger partial charge in [-0.25, -0.2) is 0 Å². The van der Waals surface area contributed by atoms with Crippen molar-refractivity contribution in [2.75, 3.05) is 32.1 Å². The lowest BCUT2D eigenvalue weighted by atomic mass is 10.3. The zero-order valence-electron chi connectivity index (χ0n) is 14.2. The molecule has 0 saturated carbocycles. The minimum absolute atomic E-state index is 0.657. The third-order valence-electron chi connectivity index (χ3n) is 2.60. The molecule has 0 heterocycles. The predicted molar refractivity (Wildman–Crippen MR) is 108 cm³/mol. The van der Waals surface area contributed by atoms with Gasteiger partial charge in [0.15, 0.2) is 0 Å². The average Bonchev–Trinajstić information content (AvgIpc) is 2.50. The molecule has 0 fully saturated rings. The van der Waals surface area contributed by atoms with Gasteiger partial charge in [0.25, 0.3) is 0 Å². The van der Waals surface area contributed by atoms with Gasteiger partial charge in [0.05, 0.1) is 0 Å². The van der Waals surface area contributed by atoms with E-state index in [0.29, 0.717) is 19.8 Å². The number of unbranched alkanes of at least 4 members (excludes halogenated alkanes) is 1. The van der Waals surface area contributed by atoms with E-state index in [4.69, 9.17) is 13.3 Å². The highest BCUT2D eigenvalue weighted by molar-refractivity contribution is 9.25. The van der Waals surface area contributed by atoms with Crippen LogP contribution in [0.15, 0.2) is 0 Å². The summed E-state index contributed by atoms with van der Waals surface area (Å²) >= 11 is 0. The first-order chi connectivity index (χ1) is 10.7. The molecule has 0 amide bonds. The average molecular weight is 406 g/mol. The molecule has 0 saturated heterocycles. The summed E-state index contributed by atoms with van der Waals surface area (Å²) in [6.45, 7) is 11.3. The lowest BCUT2D eigenvalue weighted by molar-refractivity contribution is 0.0712. The highest BCUT2D eigenvalue weighted by Gasteiger charge is 2.39. The first-order valence-electron chi connectivity index (χ1n) is 8.01. The summed E-state index contributed by atoms with van der Waals surface area (Å²) in [5.74, 6) is 1.09. The van der Waals surface area contributed by atoms with Crippen molar-refractivity contribution in [3.63, 3.8) is 0 Å². The minimum Gasteiger partial charge on any atom is -0.374 e. The maximum atomic E-state index is 5.85. The van der Waals surface area contributed by atoms with Crippen molar-refractivity contribution in [2.24, 2.45) is 0 Å². The Morgan fingerprint density at radius 2 is 1.50 bits per heavy atom. The van der Waals surface area contributed by atoms with Gasteiger partial charge >= 0.3 is 8.80 Å². The zero-order valence-corrected chi connectivity index (χ0v) is 18.5. The van der Waals surface area contributed by atoms with E-state index in [-0.39, 0.29) is 0 Å². The Balaban J connectivity index is 3.70. The summed E-state index contributed by atoms with van der Waals surface area (Å²) in [6.07, 6.45) is 3.55. The molecule has 0 spiro atoms. The normalized spacial score (nSPS) is 12.0. The fourth-order valence-corrected chi connectivity index (χ4v) is 9.89. The van der Waals surface area contributed by atoms with E-state index in [2.05, 4.69) is 11.6 Å². The van der Waals surface area contributed by atoms with Crippen LogP contribution in [0.25, 0.3) is 0 Å². The second-order valence-corrected chi connectivity index (χ2v) is 13.0. The van der Waals surface area contributed by atoms with Gasteiger partial charge in [-0.15, -0.1) is 0 Å². The first kappa shape index (κ1) is 23.5. The highest BCUT2D eigenvalue weighted by atomic mass is 33.7. The lowest BCUT2D eigenvalue weighted by Gasteiger charge is -2.28. The van der Waals surface area contributed by atoms with Crippen LogP contribution >= 0.6 is 41.4 Å². The van der Waals surface area contributed by atoms with Gasteiger partial charge in [-0.3, -0.25) is 4.72 Å². The maximum Gasteiger partial charge on any atom is 0.500 e. The third kappa shape index (κ3) is 12.8. The van der Waals surface area contributed by atoms with Crippen LogP contribution in [0.1, 0.15) is 47.0 Å². The zero-order chi connectivity index (χ0) is 16.5. The van der Waals surface area contributed by atoms with Crippen molar-refractivity contribution in [3.05, 3.63) is 0 Å². The molecule has 1 N–H and O–H groups in total. The lowest BCUT2D eigenvalue weighted by Crippen LogP contribution is -2.46. The Kier molecular flexibility index (Phi) is 18.4. The molecule has 0 aliphatic rings. The van der Waals surface area contributed by atoms with E-state index < -0.39 is 8.80 Å². The molecule has 9 heteroatoms. The van der Waals surface area contributed by atoms with E-state index in [1.807, 2.05) is 41.4 Å². The van der Waals surface area contributed by atoms with E-state index >= 15 is 0 Å². The Hall–Kier alpha value is 1.46. The van der Waals surface area contributed by atoms with E-state index in [0.717, 1.165) is 24.8 Å². The Morgan fingerprint density at radius 3 is 2.05 bits per heavy atom. The van der Waals surface area contributed by atoms with E-state index in [9.17, 15) is 0 Å². The molecule has 0 rings (SSSR count). The smallest absolute Gasteiger partial charge is 0.374 e. The molecule has 0 aromatic rings. The molecule has 0 aliphatic heterocycles. The highest BCUT2D eigenvalue weighted by Crippen LogP contribution is 2.42. The van der Waals surface area contributed by atoms with E-state index in [1.165, 1.54) is 12.8 Å². The second kappa shape index (κ2) is 17.3. The van der Waals surface area contributed by atoms with Crippen molar-refractivity contribution in [2.45, 2.75) is 53.0 Å². The molecule has 0 aromatic heterocycles. The third-order valence-corrected chi connectivity index (χ3v) is 11.7. The van der Waals surface area contributed by atoms with Crippen LogP contribution in [0.4, 0.5) is 0 Å². The van der Waals surface area contributed by atoms with Gasteiger partial charge < -0.3 is 13.3 Å². The van der Waals surface area contributed by atoms with E-state index in [1.54, 1.807) is 20.8 Å². The van der Waals surface area contributed by atoms with Crippen LogP contribution in [-0.4, -0.2) is 40.9 Å². The molecule has 0 radical (unpaired) electrons. The Morgan fingerprint density at radius 1 is 0.864 bits per heavy atom. The fraction of sp³-hybridized carbons (Fsp3) is 1.00. The van der Waals surface area contributed by atoms with Gasteiger partial charge in [-0.05, 0) is 43.4 Å². The number of hydrogen-bond acceptors (Lipinski definition) is 8. The molecular weight excluding hydrogens is 375 g/mol. The van der Waals surface area contributed by atoms with Gasteiger partial charge in [0, 0.05) is 59.0 Å². The fourth-order valence-electron chi connectivity index (χ4n) is 1.73. The molecular formula is C13H31NO3S4Si. The number of nitrogens with one attached hydrogen (secondary N) is 1. The number of rotatable bonds is 17. The molecule has 4 nitrogen and oxygen atoms in total. The summed E-state index contributed by atoms with van der Waals surface area (Å²) in [5, 5.41) is 0. The maximum absolute atomic E-state index is 5.85. The summed E-state index contributed by atoms with van der Waals surface area (Å²) < 4.78 is 20.9. The summed E-state index contributed by atoms with van der Waals surface area (Å²) in [4.78, 5) is 0. The van der Waals surface area contributed by atoms with Gasteiger partial charge in [-0.1, -0.05) is 24.1 Å². The summed E-state index contributed by atoms with van der Waals surface area (Å²) in [5.41, 5.74) is 0. The van der Waals surface area contributed by atoms with Crippen LogP contribution in [0.3, 0.4) is 0 Å². The molecule has 134 valence electrons. The molecule has 0 unspecified atom stereocenters. The summed E-state index contributed by atoms with van der Waals surface area (Å²) in [7, 11) is 4.80. The minimum atomic E-state index is -2.43. The molecule has 0 bridgehead atoms. The van der Waals surface area contributed by atoms with Crippen molar-refractivity contribution in [1.82, 2.24) is 4.72 Å². The SMILES string of the molecule is CCCCNSSSSCCC[Si](OCC)(OCC)OCC. The van der Waals surface area contributed by atoms with Crippen molar-refractivity contribution < 1.29 is 13.3 Å². The standard InChI is InChI=1S/C13H31NO3S4Si/c1-5-9-11-14-19-21-20-18-12-10-13-22(15-6-2,16-7-3)17-8-4/h14H,5-13H2,1-4H3. The van der Waals surface area contributed by atoms with Crippen molar-refractivity contribution in [3.8, 4) is 0 Å². The Labute approximate surface area is 153 Å². The molecule has 0 atom stereocenters. The van der Waals surface area contributed by atoms with Crippen LogP contribution in [-0.2, 0) is 13.3 Å². The predicted octanol–water partition coefficient (Wildman–Crippen LogP) is 5.41. The van der Waals surface area contributed by atoms with Crippen LogP contribution in [0.2, 0.25) is 6.04 Å². The molecule has 0 aliphatic carbocycles.